The number of anilines is 3. The van der Waals surface area contributed by atoms with Gasteiger partial charge in [-0.25, -0.2) is 22.8 Å². The number of carboxylic acid groups (broad SMARTS) is 2. The maximum Gasteiger partial charge on any atom is 0.341 e. The molecule has 282 valence electrons. The molecule has 0 radical (unpaired) electrons. The number of aromatic carboxylic acids is 2. The van der Waals surface area contributed by atoms with Gasteiger partial charge < -0.3 is 45.1 Å². The van der Waals surface area contributed by atoms with E-state index in [-0.39, 0.29) is 40.3 Å². The fourth-order valence-corrected chi connectivity index (χ4v) is 8.88. The SMILES string of the molecule is CN1CCN(c2c(F)cc3c(=O)c(C(=O)O)cn4c3c2SCC4)CC1.C[C@@H]1CN(c2c(F)c(N)c3c(=O)c(C(=O)O)cn(C4CC4)c3c2F)C[C@H](C)N1. The van der Waals surface area contributed by atoms with Crippen LogP contribution in [-0.2, 0) is 6.54 Å². The van der Waals surface area contributed by atoms with Crippen LogP contribution in [0, 0.1) is 17.5 Å². The van der Waals surface area contributed by atoms with E-state index in [0.717, 1.165) is 50.1 Å². The third-order valence-electron chi connectivity index (χ3n) is 10.3. The van der Waals surface area contributed by atoms with E-state index in [1.165, 1.54) is 28.6 Å². The van der Waals surface area contributed by atoms with Gasteiger partial charge in [0, 0.05) is 82.1 Å². The van der Waals surface area contributed by atoms with Crippen molar-refractivity contribution in [2.75, 3.05) is 67.6 Å². The van der Waals surface area contributed by atoms with E-state index < -0.39 is 56.9 Å². The number of likely N-dealkylation sites (N-methyl/N-ethyl adjacent to an activating group) is 1. The molecule has 4 aromatic rings. The number of hydrogen-bond acceptors (Lipinski definition) is 10. The third-order valence-corrected chi connectivity index (χ3v) is 11.3. The molecule has 4 aliphatic rings. The van der Waals surface area contributed by atoms with Gasteiger partial charge in [0.1, 0.15) is 22.6 Å². The minimum atomic E-state index is -1.45. The van der Waals surface area contributed by atoms with Gasteiger partial charge in [0.15, 0.2) is 11.6 Å². The van der Waals surface area contributed by atoms with Gasteiger partial charge in [0.05, 0.1) is 38.1 Å². The highest BCUT2D eigenvalue weighted by molar-refractivity contribution is 7.99. The highest BCUT2D eigenvalue weighted by Gasteiger charge is 2.35. The first kappa shape index (κ1) is 36.6. The molecule has 2 aromatic heterocycles. The molecule has 2 saturated heterocycles. The number of pyridine rings is 2. The van der Waals surface area contributed by atoms with Gasteiger partial charge in [0.25, 0.3) is 0 Å². The zero-order chi connectivity index (χ0) is 38.0. The number of nitrogens with one attached hydrogen (secondary N) is 1. The quantitative estimate of drug-likeness (QED) is 0.218. The molecule has 3 aliphatic heterocycles. The molecule has 8 rings (SSSR count). The van der Waals surface area contributed by atoms with Gasteiger partial charge in [0.2, 0.25) is 10.9 Å². The van der Waals surface area contributed by atoms with Crippen LogP contribution in [-0.4, -0.2) is 100 Å². The lowest BCUT2D eigenvalue weighted by atomic mass is 10.0. The maximum absolute atomic E-state index is 15.6. The van der Waals surface area contributed by atoms with Crippen molar-refractivity contribution in [2.45, 2.75) is 56.3 Å². The minimum absolute atomic E-state index is 0.0134. The number of fused-ring (bicyclic) bond motifs is 1. The average Bonchev–Trinajstić information content (AvgIpc) is 3.95. The predicted octanol–water partition coefficient (Wildman–Crippen LogP) is 3.78. The van der Waals surface area contributed by atoms with Crippen LogP contribution < -0.4 is 31.7 Å². The second-order valence-corrected chi connectivity index (χ2v) is 15.3. The highest BCUT2D eigenvalue weighted by Crippen LogP contribution is 2.43. The Morgan fingerprint density at radius 2 is 1.47 bits per heavy atom. The second kappa shape index (κ2) is 13.9. The van der Waals surface area contributed by atoms with E-state index >= 15 is 8.78 Å². The molecule has 2 atom stereocenters. The van der Waals surface area contributed by atoms with Crippen LogP contribution in [0.1, 0.15) is 53.4 Å². The number of nitrogens with two attached hydrogens (primary N) is 1. The van der Waals surface area contributed by atoms with Gasteiger partial charge in [-0.1, -0.05) is 0 Å². The number of carbonyl (C=O) groups is 2. The molecule has 1 aliphatic carbocycles. The third kappa shape index (κ3) is 6.48. The summed E-state index contributed by atoms with van der Waals surface area (Å²) < 4.78 is 49.0. The summed E-state index contributed by atoms with van der Waals surface area (Å²) in [5, 5.41) is 21.7. The molecular weight excluding hydrogens is 716 g/mol. The number of thioether (sulfide) groups is 1. The maximum atomic E-state index is 15.6. The number of aromatic nitrogens is 2. The summed E-state index contributed by atoms with van der Waals surface area (Å²) in [6.07, 6.45) is 4.00. The largest absolute Gasteiger partial charge is 0.477 e. The summed E-state index contributed by atoms with van der Waals surface area (Å²) in [6, 6.07) is 1.11. The number of carboxylic acids is 2. The van der Waals surface area contributed by atoms with Crippen LogP contribution in [0.15, 0.2) is 32.9 Å². The molecule has 3 fully saturated rings. The fourth-order valence-electron chi connectivity index (χ4n) is 7.66. The summed E-state index contributed by atoms with van der Waals surface area (Å²) in [4.78, 5) is 54.5. The van der Waals surface area contributed by atoms with Gasteiger partial charge in [-0.05, 0) is 39.8 Å². The summed E-state index contributed by atoms with van der Waals surface area (Å²) in [5.41, 5.74) is 3.81. The molecule has 13 nitrogen and oxygen atoms in total. The minimum Gasteiger partial charge on any atom is -0.477 e. The van der Waals surface area contributed by atoms with Gasteiger partial charge in [-0.15, -0.1) is 11.8 Å². The lowest BCUT2D eigenvalue weighted by molar-refractivity contribution is 0.0684. The molecule has 0 bridgehead atoms. The summed E-state index contributed by atoms with van der Waals surface area (Å²) in [5.74, 6) is -4.35. The molecule has 17 heteroatoms. The van der Waals surface area contributed by atoms with Crippen LogP contribution in [0.25, 0.3) is 21.8 Å². The zero-order valence-electron chi connectivity index (χ0n) is 29.4. The predicted molar refractivity (Wildman–Crippen MR) is 198 cm³/mol. The van der Waals surface area contributed by atoms with Crippen LogP contribution in [0.3, 0.4) is 0 Å². The lowest BCUT2D eigenvalue weighted by Gasteiger charge is -2.38. The van der Waals surface area contributed by atoms with Gasteiger partial charge >= 0.3 is 11.9 Å². The van der Waals surface area contributed by atoms with E-state index in [0.29, 0.717) is 36.6 Å². The smallest absolute Gasteiger partial charge is 0.341 e. The van der Waals surface area contributed by atoms with Crippen molar-refractivity contribution in [3.63, 3.8) is 0 Å². The first-order valence-corrected chi connectivity index (χ1v) is 18.4. The van der Waals surface area contributed by atoms with Gasteiger partial charge in [-0.2, -0.15) is 0 Å². The van der Waals surface area contributed by atoms with Crippen LogP contribution in [0.4, 0.5) is 30.2 Å². The Kier molecular flexibility index (Phi) is 9.61. The van der Waals surface area contributed by atoms with Crippen molar-refractivity contribution in [1.29, 1.82) is 0 Å². The monoisotopic (exact) mass is 755 g/mol. The van der Waals surface area contributed by atoms with Crippen molar-refractivity contribution < 1.29 is 33.0 Å². The van der Waals surface area contributed by atoms with Crippen molar-refractivity contribution >= 4 is 62.6 Å². The van der Waals surface area contributed by atoms with E-state index in [4.69, 9.17) is 5.73 Å². The highest BCUT2D eigenvalue weighted by atomic mass is 32.2. The number of nitrogen functional groups attached to an aromatic ring is 1. The number of halogens is 3. The normalized spacial score (nSPS) is 20.4. The van der Waals surface area contributed by atoms with Crippen LogP contribution in [0.5, 0.6) is 0 Å². The standard InChI is InChI=1S/C19H22F2N4O3.C17H18FN3O3S/c1-8-5-24(6-9(2)23-8)17-13(20)15(22)12-16(14(17)21)25(10-3-4-10)7-11(18(12)26)19(27)28;1-19-2-4-20(5-3-19)14-12(18)8-10-13-16(14)25-7-6-21(13)9-11(15(10)22)17(23)24/h7-10,23H,3-6,22H2,1-2H3,(H,27,28);8-9H,2-7H2,1H3,(H,23,24)/t8-,9+;. The summed E-state index contributed by atoms with van der Waals surface area (Å²) in [6.45, 7) is 8.35. The Bertz CT molecular complexity index is 2290. The molecule has 53 heavy (non-hydrogen) atoms. The fraction of sp³-hybridized carbons (Fsp3) is 0.444. The van der Waals surface area contributed by atoms with Crippen molar-refractivity contribution in [3.8, 4) is 0 Å². The molecule has 0 unspecified atom stereocenters. The topological polar surface area (TPSA) is 166 Å². The Morgan fingerprint density at radius 3 is 2.08 bits per heavy atom. The van der Waals surface area contributed by atoms with Crippen molar-refractivity contribution in [2.24, 2.45) is 0 Å². The molecular formula is C36H40F3N7O6S. The van der Waals surface area contributed by atoms with E-state index in [2.05, 4.69) is 10.2 Å². The molecule has 0 amide bonds. The number of benzene rings is 2. The van der Waals surface area contributed by atoms with E-state index in [9.17, 15) is 33.8 Å². The van der Waals surface area contributed by atoms with E-state index in [1.54, 1.807) is 9.47 Å². The lowest BCUT2D eigenvalue weighted by Crippen LogP contribution is -2.54. The van der Waals surface area contributed by atoms with Crippen LogP contribution >= 0.6 is 11.8 Å². The molecule has 2 aromatic carbocycles. The molecule has 5 heterocycles. The molecule has 5 N–H and O–H groups in total. The van der Waals surface area contributed by atoms with E-state index in [1.807, 2.05) is 25.8 Å². The second-order valence-electron chi connectivity index (χ2n) is 14.2. The average molecular weight is 756 g/mol. The number of aryl methyl sites for hydroxylation is 1. The zero-order valence-corrected chi connectivity index (χ0v) is 30.2. The van der Waals surface area contributed by atoms with Crippen molar-refractivity contribution in [3.05, 3.63) is 67.5 Å². The molecule has 0 spiro atoms. The van der Waals surface area contributed by atoms with Gasteiger partial charge in [-0.3, -0.25) is 9.59 Å². The summed E-state index contributed by atoms with van der Waals surface area (Å²) >= 11 is 1.54. The summed E-state index contributed by atoms with van der Waals surface area (Å²) in [7, 11) is 2.04. The number of rotatable bonds is 5. The number of piperazine rings is 2. The number of hydrogen-bond donors (Lipinski definition) is 4. The first-order chi connectivity index (χ1) is 25.2. The Hall–Kier alpha value is -4.74. The van der Waals surface area contributed by atoms with Crippen LogP contribution in [0.2, 0.25) is 0 Å². The number of nitrogens with zero attached hydrogens (tertiary/aromatic N) is 5. The Labute approximate surface area is 305 Å². The first-order valence-electron chi connectivity index (χ1n) is 17.5. The van der Waals surface area contributed by atoms with Crippen molar-refractivity contribution in [1.82, 2.24) is 19.4 Å². The molecule has 1 saturated carbocycles. The Balaban J connectivity index is 0.000000165. The Morgan fingerprint density at radius 1 is 0.849 bits per heavy atom.